The molecule has 0 saturated carbocycles. The molecule has 0 aliphatic carbocycles. The minimum atomic E-state index is -3.46. The van der Waals surface area contributed by atoms with Gasteiger partial charge < -0.3 is 11.5 Å². The van der Waals surface area contributed by atoms with Crippen LogP contribution in [0.25, 0.3) is 0 Å². The van der Waals surface area contributed by atoms with Gasteiger partial charge in [0.2, 0.25) is 0 Å². The van der Waals surface area contributed by atoms with E-state index in [4.69, 9.17) is 11.5 Å². The summed E-state index contributed by atoms with van der Waals surface area (Å²) < 4.78 is 38.0. The summed E-state index contributed by atoms with van der Waals surface area (Å²) in [5.41, 5.74) is 10.6. The molecule has 5 nitrogen and oxygen atoms in total. The third-order valence-electron chi connectivity index (χ3n) is 3.38. The van der Waals surface area contributed by atoms with E-state index in [1.807, 2.05) is 0 Å². The van der Waals surface area contributed by atoms with Gasteiger partial charge in [-0.1, -0.05) is 0 Å². The van der Waals surface area contributed by atoms with Gasteiger partial charge in [-0.05, 0) is 32.0 Å². The smallest absolute Gasteiger partial charge is 0.162 e. The number of nitrogens with zero attached hydrogens (tertiary/aromatic N) is 1. The standard InChI is InChI=1S/C12H16FN3O2S/c1-7-11(15)16-12(2,6-19(7,17)18)9-5-8(14)3-4-10(9)13/h3-5,7H,6,14H2,1-2H3,(H2,15,16)/t7?,12-/m0/s1. The SMILES string of the molecule is CC1C(N)=N[C@](C)(c2cc(N)ccc2F)CS1(=O)=O. The van der Waals surface area contributed by atoms with Crippen LogP contribution < -0.4 is 11.5 Å². The topological polar surface area (TPSA) is 98.5 Å². The fraction of sp³-hybridized carbons (Fsp3) is 0.417. The van der Waals surface area contributed by atoms with Crippen LogP contribution in [-0.4, -0.2) is 25.3 Å². The van der Waals surface area contributed by atoms with E-state index in [1.54, 1.807) is 6.92 Å². The maximum Gasteiger partial charge on any atom is 0.162 e. The molecule has 1 aliphatic rings. The lowest BCUT2D eigenvalue weighted by molar-refractivity contribution is 0.486. The zero-order valence-corrected chi connectivity index (χ0v) is 11.5. The second-order valence-electron chi connectivity index (χ2n) is 5.00. The largest absolute Gasteiger partial charge is 0.399 e. The van der Waals surface area contributed by atoms with Gasteiger partial charge >= 0.3 is 0 Å². The summed E-state index contributed by atoms with van der Waals surface area (Å²) in [7, 11) is -3.46. The van der Waals surface area contributed by atoms with Gasteiger partial charge in [0.25, 0.3) is 0 Å². The van der Waals surface area contributed by atoms with Gasteiger partial charge in [0.05, 0.1) is 5.75 Å². The van der Waals surface area contributed by atoms with E-state index in [2.05, 4.69) is 4.99 Å². The Kier molecular flexibility index (Phi) is 3.04. The van der Waals surface area contributed by atoms with Crippen molar-refractivity contribution < 1.29 is 12.8 Å². The maximum atomic E-state index is 13.9. The molecular formula is C12H16FN3O2S. The van der Waals surface area contributed by atoms with Gasteiger partial charge in [-0.2, -0.15) is 0 Å². The number of hydrogen-bond donors (Lipinski definition) is 2. The molecule has 0 aromatic heterocycles. The number of hydrogen-bond acceptors (Lipinski definition) is 5. The molecule has 7 heteroatoms. The van der Waals surface area contributed by atoms with Crippen LogP contribution in [0, 0.1) is 5.82 Å². The number of amidine groups is 1. The Balaban J connectivity index is 2.64. The summed E-state index contributed by atoms with van der Waals surface area (Å²) in [5, 5.41) is -0.843. The number of aliphatic imine (C=N–C) groups is 1. The van der Waals surface area contributed by atoms with Gasteiger partial charge in [-0.25, -0.2) is 12.8 Å². The van der Waals surface area contributed by atoms with Gasteiger partial charge in [0, 0.05) is 11.3 Å². The number of anilines is 1. The first-order valence-corrected chi connectivity index (χ1v) is 7.49. The third kappa shape index (κ3) is 2.30. The van der Waals surface area contributed by atoms with Crippen LogP contribution in [0.4, 0.5) is 10.1 Å². The highest BCUT2D eigenvalue weighted by atomic mass is 32.2. The second kappa shape index (κ2) is 4.19. The average Bonchev–Trinajstić information content (AvgIpc) is 2.28. The molecule has 0 bridgehead atoms. The Morgan fingerprint density at radius 3 is 2.63 bits per heavy atom. The zero-order chi connectivity index (χ0) is 14.4. The predicted molar refractivity (Wildman–Crippen MR) is 73.0 cm³/mol. The fourth-order valence-electron chi connectivity index (χ4n) is 2.20. The second-order valence-corrected chi connectivity index (χ2v) is 7.32. The molecule has 1 aliphatic heterocycles. The monoisotopic (exact) mass is 285 g/mol. The van der Waals surface area contributed by atoms with Crippen LogP contribution in [0.2, 0.25) is 0 Å². The van der Waals surface area contributed by atoms with E-state index in [-0.39, 0.29) is 17.2 Å². The van der Waals surface area contributed by atoms with E-state index in [0.29, 0.717) is 5.69 Å². The molecule has 0 spiro atoms. The van der Waals surface area contributed by atoms with Crippen molar-refractivity contribution in [2.45, 2.75) is 24.6 Å². The molecule has 1 aromatic rings. The third-order valence-corrected chi connectivity index (χ3v) is 5.67. The summed E-state index contributed by atoms with van der Waals surface area (Å²) in [6.45, 7) is 3.02. The van der Waals surface area contributed by atoms with Gasteiger partial charge in [-0.3, -0.25) is 4.99 Å². The highest BCUT2D eigenvalue weighted by Crippen LogP contribution is 2.34. The summed E-state index contributed by atoms with van der Waals surface area (Å²) >= 11 is 0. The normalized spacial score (nSPS) is 29.8. The molecule has 1 aromatic carbocycles. The number of nitrogen functional groups attached to an aromatic ring is 1. The van der Waals surface area contributed by atoms with Crippen molar-refractivity contribution in [2.24, 2.45) is 10.7 Å². The van der Waals surface area contributed by atoms with E-state index in [1.165, 1.54) is 25.1 Å². The molecule has 0 fully saturated rings. The summed E-state index contributed by atoms with van der Waals surface area (Å²) in [4.78, 5) is 4.18. The van der Waals surface area contributed by atoms with Crippen molar-refractivity contribution in [1.29, 1.82) is 0 Å². The molecular weight excluding hydrogens is 269 g/mol. The number of nitrogens with two attached hydrogens (primary N) is 2. The predicted octanol–water partition coefficient (Wildman–Crippen LogP) is 0.797. The minimum absolute atomic E-state index is 0.00410. The van der Waals surface area contributed by atoms with Crippen molar-refractivity contribution in [2.75, 3.05) is 11.5 Å². The lowest BCUT2D eigenvalue weighted by Crippen LogP contribution is -2.47. The maximum absolute atomic E-state index is 13.9. The number of halogens is 1. The molecule has 0 saturated heterocycles. The quantitative estimate of drug-likeness (QED) is 0.745. The summed E-state index contributed by atoms with van der Waals surface area (Å²) in [5.74, 6) is -0.837. The van der Waals surface area contributed by atoms with E-state index in [0.717, 1.165) is 0 Å². The Labute approximate surface area is 111 Å². The Morgan fingerprint density at radius 2 is 2.05 bits per heavy atom. The molecule has 2 rings (SSSR count). The van der Waals surface area contributed by atoms with Gasteiger partial charge in [-0.15, -0.1) is 0 Å². The lowest BCUT2D eigenvalue weighted by atomic mass is 9.93. The summed E-state index contributed by atoms with van der Waals surface area (Å²) in [6, 6.07) is 4.01. The molecule has 1 unspecified atom stereocenters. The number of benzene rings is 1. The zero-order valence-electron chi connectivity index (χ0n) is 10.7. The molecule has 104 valence electrons. The van der Waals surface area contributed by atoms with Crippen LogP contribution >= 0.6 is 0 Å². The van der Waals surface area contributed by atoms with Crippen LogP contribution in [0.5, 0.6) is 0 Å². The van der Waals surface area contributed by atoms with Crippen molar-refractivity contribution >= 4 is 21.4 Å². The van der Waals surface area contributed by atoms with Crippen LogP contribution in [0.3, 0.4) is 0 Å². The minimum Gasteiger partial charge on any atom is -0.399 e. The van der Waals surface area contributed by atoms with Gasteiger partial charge in [0.1, 0.15) is 22.4 Å². The fourth-order valence-corrected chi connectivity index (χ4v) is 3.88. The molecule has 4 N–H and O–H groups in total. The van der Waals surface area contributed by atoms with Crippen molar-refractivity contribution in [3.05, 3.63) is 29.6 Å². The van der Waals surface area contributed by atoms with Crippen molar-refractivity contribution in [3.63, 3.8) is 0 Å². The lowest BCUT2D eigenvalue weighted by Gasteiger charge is -2.33. The van der Waals surface area contributed by atoms with Gasteiger partial charge in [0.15, 0.2) is 9.84 Å². The summed E-state index contributed by atoms with van der Waals surface area (Å²) in [6.07, 6.45) is 0. The number of rotatable bonds is 1. The average molecular weight is 285 g/mol. The molecule has 2 atom stereocenters. The number of sulfone groups is 1. The van der Waals surface area contributed by atoms with Crippen LogP contribution in [0.15, 0.2) is 23.2 Å². The highest BCUT2D eigenvalue weighted by Gasteiger charge is 2.42. The molecule has 0 radical (unpaired) electrons. The van der Waals surface area contributed by atoms with E-state index in [9.17, 15) is 12.8 Å². The van der Waals surface area contributed by atoms with Crippen LogP contribution in [-0.2, 0) is 15.4 Å². The highest BCUT2D eigenvalue weighted by molar-refractivity contribution is 7.92. The Morgan fingerprint density at radius 1 is 1.42 bits per heavy atom. The van der Waals surface area contributed by atoms with E-state index >= 15 is 0 Å². The molecule has 1 heterocycles. The van der Waals surface area contributed by atoms with Crippen molar-refractivity contribution in [3.8, 4) is 0 Å². The Hall–Kier alpha value is -1.63. The Bertz CT molecular complexity index is 657. The molecule has 0 amide bonds. The first-order chi connectivity index (χ1) is 8.66. The van der Waals surface area contributed by atoms with E-state index < -0.39 is 26.4 Å². The van der Waals surface area contributed by atoms with Crippen molar-refractivity contribution in [1.82, 2.24) is 0 Å². The van der Waals surface area contributed by atoms with Crippen LogP contribution in [0.1, 0.15) is 19.4 Å². The first kappa shape index (κ1) is 13.8. The first-order valence-electron chi connectivity index (χ1n) is 5.78. The molecule has 19 heavy (non-hydrogen) atoms.